The van der Waals surface area contributed by atoms with Crippen molar-refractivity contribution in [2.24, 2.45) is 5.92 Å². The maximum Gasteiger partial charge on any atom is 0.407 e. The van der Waals surface area contributed by atoms with E-state index in [0.29, 0.717) is 23.4 Å². The van der Waals surface area contributed by atoms with E-state index in [1.807, 2.05) is 20.8 Å². The average Bonchev–Trinajstić information content (AvgIpc) is 2.45. The van der Waals surface area contributed by atoms with Gasteiger partial charge in [-0.05, 0) is 39.5 Å². The molecular formula is C15H23ClN4O2. The maximum atomic E-state index is 11.6. The van der Waals surface area contributed by atoms with Crippen LogP contribution >= 0.6 is 11.6 Å². The van der Waals surface area contributed by atoms with Gasteiger partial charge in [0.1, 0.15) is 5.60 Å². The van der Waals surface area contributed by atoms with Gasteiger partial charge in [0.2, 0.25) is 5.95 Å². The van der Waals surface area contributed by atoms with Gasteiger partial charge in [0, 0.05) is 19.6 Å². The fourth-order valence-corrected chi connectivity index (χ4v) is 2.45. The Hall–Kier alpha value is -1.56. The number of amides is 1. The van der Waals surface area contributed by atoms with Crippen LogP contribution < -0.4 is 10.2 Å². The molecule has 1 fully saturated rings. The quantitative estimate of drug-likeness (QED) is 0.925. The smallest absolute Gasteiger partial charge is 0.407 e. The van der Waals surface area contributed by atoms with Crippen LogP contribution in [0, 0.1) is 5.92 Å². The van der Waals surface area contributed by atoms with Crippen molar-refractivity contribution >= 4 is 23.6 Å². The zero-order chi connectivity index (χ0) is 16.2. The first-order chi connectivity index (χ1) is 10.3. The SMILES string of the molecule is CC(C)(C)OC(=O)NCC1CCN(c2ncc(Cl)cn2)CC1. The van der Waals surface area contributed by atoms with Gasteiger partial charge in [0.15, 0.2) is 0 Å². The van der Waals surface area contributed by atoms with Crippen molar-refractivity contribution in [1.82, 2.24) is 15.3 Å². The molecule has 1 aliphatic heterocycles. The van der Waals surface area contributed by atoms with Crippen molar-refractivity contribution in [3.05, 3.63) is 17.4 Å². The number of carbonyl (C=O) groups is 1. The molecule has 1 amide bonds. The van der Waals surface area contributed by atoms with E-state index in [0.717, 1.165) is 25.9 Å². The van der Waals surface area contributed by atoms with E-state index in [2.05, 4.69) is 20.2 Å². The summed E-state index contributed by atoms with van der Waals surface area (Å²) >= 11 is 5.79. The first-order valence-corrected chi connectivity index (χ1v) is 7.90. The van der Waals surface area contributed by atoms with Crippen LogP contribution in [0.15, 0.2) is 12.4 Å². The number of hydrogen-bond donors (Lipinski definition) is 1. The zero-order valence-corrected chi connectivity index (χ0v) is 14.1. The lowest BCUT2D eigenvalue weighted by Crippen LogP contribution is -2.40. The van der Waals surface area contributed by atoms with Crippen LogP contribution in [-0.4, -0.2) is 41.3 Å². The van der Waals surface area contributed by atoms with Crippen LogP contribution in [-0.2, 0) is 4.74 Å². The Kier molecular flexibility index (Phi) is 5.45. The molecule has 0 aromatic carbocycles. The number of alkyl carbamates (subject to hydrolysis) is 1. The van der Waals surface area contributed by atoms with Gasteiger partial charge in [-0.3, -0.25) is 0 Å². The van der Waals surface area contributed by atoms with E-state index in [1.165, 1.54) is 0 Å². The minimum absolute atomic E-state index is 0.351. The highest BCUT2D eigenvalue weighted by Gasteiger charge is 2.22. The van der Waals surface area contributed by atoms with Gasteiger partial charge in [0.25, 0.3) is 0 Å². The minimum atomic E-state index is -0.459. The lowest BCUT2D eigenvalue weighted by atomic mass is 9.97. The summed E-state index contributed by atoms with van der Waals surface area (Å²) in [5.74, 6) is 1.17. The third kappa shape index (κ3) is 5.33. The Labute approximate surface area is 136 Å². The van der Waals surface area contributed by atoms with E-state index < -0.39 is 5.60 Å². The highest BCUT2D eigenvalue weighted by molar-refractivity contribution is 6.30. The van der Waals surface area contributed by atoms with Crippen molar-refractivity contribution < 1.29 is 9.53 Å². The fraction of sp³-hybridized carbons (Fsp3) is 0.667. The normalized spacial score (nSPS) is 16.5. The van der Waals surface area contributed by atoms with Crippen molar-refractivity contribution in [2.75, 3.05) is 24.5 Å². The molecule has 0 atom stereocenters. The molecule has 0 bridgehead atoms. The first-order valence-electron chi connectivity index (χ1n) is 7.53. The molecular weight excluding hydrogens is 304 g/mol. The standard InChI is InChI=1S/C15H23ClN4O2/c1-15(2,3)22-14(21)19-8-11-4-6-20(7-5-11)13-17-9-12(16)10-18-13/h9-11H,4-8H2,1-3H3,(H,19,21). The largest absolute Gasteiger partial charge is 0.444 e. The molecule has 0 saturated carbocycles. The Morgan fingerprint density at radius 3 is 2.50 bits per heavy atom. The first kappa shape index (κ1) is 16.8. The van der Waals surface area contributed by atoms with Gasteiger partial charge >= 0.3 is 6.09 Å². The highest BCUT2D eigenvalue weighted by atomic mass is 35.5. The maximum absolute atomic E-state index is 11.6. The number of piperidine rings is 1. The number of ether oxygens (including phenoxy) is 1. The fourth-order valence-electron chi connectivity index (χ4n) is 2.35. The van der Waals surface area contributed by atoms with E-state index in [9.17, 15) is 4.79 Å². The van der Waals surface area contributed by atoms with Crippen LogP contribution in [0.3, 0.4) is 0 Å². The van der Waals surface area contributed by atoms with Crippen molar-refractivity contribution in [1.29, 1.82) is 0 Å². The number of anilines is 1. The number of hydrogen-bond acceptors (Lipinski definition) is 5. The lowest BCUT2D eigenvalue weighted by Gasteiger charge is -2.32. The Morgan fingerprint density at radius 2 is 1.95 bits per heavy atom. The average molecular weight is 327 g/mol. The van der Waals surface area contributed by atoms with Crippen LogP contribution in [0.2, 0.25) is 5.02 Å². The van der Waals surface area contributed by atoms with Gasteiger partial charge in [0.05, 0.1) is 17.4 Å². The van der Waals surface area contributed by atoms with E-state index in [4.69, 9.17) is 16.3 Å². The summed E-state index contributed by atoms with van der Waals surface area (Å²) in [6.45, 7) is 7.97. The molecule has 22 heavy (non-hydrogen) atoms. The monoisotopic (exact) mass is 326 g/mol. The zero-order valence-electron chi connectivity index (χ0n) is 13.3. The third-order valence-corrected chi connectivity index (χ3v) is 3.63. The van der Waals surface area contributed by atoms with E-state index in [1.54, 1.807) is 12.4 Å². The Morgan fingerprint density at radius 1 is 1.36 bits per heavy atom. The highest BCUT2D eigenvalue weighted by Crippen LogP contribution is 2.20. The molecule has 122 valence electrons. The molecule has 1 aromatic rings. The minimum Gasteiger partial charge on any atom is -0.444 e. The number of nitrogens with zero attached hydrogens (tertiary/aromatic N) is 3. The molecule has 1 aromatic heterocycles. The summed E-state index contributed by atoms with van der Waals surface area (Å²) in [6, 6.07) is 0. The number of aromatic nitrogens is 2. The van der Waals surface area contributed by atoms with Crippen molar-refractivity contribution in [2.45, 2.75) is 39.2 Å². The van der Waals surface area contributed by atoms with Crippen LogP contribution in [0.5, 0.6) is 0 Å². The summed E-state index contributed by atoms with van der Waals surface area (Å²) in [5.41, 5.74) is -0.459. The molecule has 1 saturated heterocycles. The van der Waals surface area contributed by atoms with Crippen LogP contribution in [0.25, 0.3) is 0 Å². The van der Waals surface area contributed by atoms with E-state index >= 15 is 0 Å². The Bertz CT molecular complexity index is 493. The molecule has 6 nitrogen and oxygen atoms in total. The second-order valence-corrected chi connectivity index (χ2v) is 6.95. The molecule has 2 heterocycles. The number of halogens is 1. The number of carbonyl (C=O) groups excluding carboxylic acids is 1. The molecule has 0 radical (unpaired) electrons. The van der Waals surface area contributed by atoms with Gasteiger partial charge in [-0.25, -0.2) is 14.8 Å². The summed E-state index contributed by atoms with van der Waals surface area (Å²) < 4.78 is 5.24. The van der Waals surface area contributed by atoms with E-state index in [-0.39, 0.29) is 6.09 Å². The molecule has 1 aliphatic rings. The predicted molar refractivity (Wildman–Crippen MR) is 86.2 cm³/mol. The second-order valence-electron chi connectivity index (χ2n) is 6.51. The van der Waals surface area contributed by atoms with Crippen LogP contribution in [0.1, 0.15) is 33.6 Å². The van der Waals surface area contributed by atoms with Gasteiger partial charge in [-0.15, -0.1) is 0 Å². The molecule has 0 aliphatic carbocycles. The number of nitrogens with one attached hydrogen (secondary N) is 1. The van der Waals surface area contributed by atoms with Crippen molar-refractivity contribution in [3.63, 3.8) is 0 Å². The molecule has 7 heteroatoms. The molecule has 0 unspecified atom stereocenters. The predicted octanol–water partition coefficient (Wildman–Crippen LogP) is 2.87. The van der Waals surface area contributed by atoms with Crippen LogP contribution in [0.4, 0.5) is 10.7 Å². The number of rotatable bonds is 3. The van der Waals surface area contributed by atoms with Gasteiger partial charge in [-0.1, -0.05) is 11.6 Å². The van der Waals surface area contributed by atoms with Gasteiger partial charge < -0.3 is 15.0 Å². The molecule has 2 rings (SSSR count). The second kappa shape index (κ2) is 7.13. The lowest BCUT2D eigenvalue weighted by molar-refractivity contribution is 0.0517. The summed E-state index contributed by atoms with van der Waals surface area (Å²) in [7, 11) is 0. The summed E-state index contributed by atoms with van der Waals surface area (Å²) in [5, 5.41) is 3.38. The van der Waals surface area contributed by atoms with Crippen molar-refractivity contribution in [3.8, 4) is 0 Å². The third-order valence-electron chi connectivity index (χ3n) is 3.44. The summed E-state index contributed by atoms with van der Waals surface area (Å²) in [6.07, 6.45) is 4.85. The topological polar surface area (TPSA) is 67.3 Å². The molecule has 1 N–H and O–H groups in total. The Balaban J connectivity index is 1.73. The summed E-state index contributed by atoms with van der Waals surface area (Å²) in [4.78, 5) is 22.3. The molecule has 0 spiro atoms. The van der Waals surface area contributed by atoms with Gasteiger partial charge in [-0.2, -0.15) is 0 Å².